The minimum Gasteiger partial charge on any atom is -0.465 e. The van der Waals surface area contributed by atoms with E-state index in [-0.39, 0.29) is 11.1 Å². The fourth-order valence-electron chi connectivity index (χ4n) is 2.01. The first-order chi connectivity index (χ1) is 10.6. The number of benzene rings is 1. The predicted molar refractivity (Wildman–Crippen MR) is 87.5 cm³/mol. The van der Waals surface area contributed by atoms with Gasteiger partial charge in [-0.05, 0) is 55.1 Å². The number of aryl methyl sites for hydroxylation is 1. The number of nitrogens with zero attached hydrogens (tertiary/aromatic N) is 1. The van der Waals surface area contributed by atoms with Crippen LogP contribution in [0, 0.1) is 6.92 Å². The van der Waals surface area contributed by atoms with Crippen molar-refractivity contribution in [1.29, 1.82) is 0 Å². The van der Waals surface area contributed by atoms with Crippen LogP contribution in [0.4, 0.5) is 10.5 Å². The average Bonchev–Trinajstić information content (AvgIpc) is 3.10. The molecule has 0 saturated carbocycles. The molecule has 1 aromatic heterocycles. The van der Waals surface area contributed by atoms with Crippen LogP contribution in [0.3, 0.4) is 0 Å². The second-order valence-electron chi connectivity index (χ2n) is 4.75. The van der Waals surface area contributed by atoms with Gasteiger partial charge in [-0.3, -0.25) is 9.59 Å². The zero-order chi connectivity index (χ0) is 15.5. The first-order valence-corrected chi connectivity index (χ1v) is 7.51. The van der Waals surface area contributed by atoms with E-state index in [1.807, 2.05) is 25.1 Å². The molecule has 1 aliphatic heterocycles. The van der Waals surface area contributed by atoms with Crippen LogP contribution in [0.1, 0.15) is 11.3 Å². The van der Waals surface area contributed by atoms with E-state index in [0.29, 0.717) is 16.4 Å². The van der Waals surface area contributed by atoms with E-state index < -0.39 is 0 Å². The number of imide groups is 1. The highest BCUT2D eigenvalue weighted by Gasteiger charge is 2.35. The number of thioether (sulfide) groups is 1. The topological polar surface area (TPSA) is 50.5 Å². The van der Waals surface area contributed by atoms with Crippen molar-refractivity contribution in [3.8, 4) is 0 Å². The SMILES string of the molecule is Cc1ccc(N2C(=O)S/C(=C/C=C/c3ccco3)C2=O)cc1. The lowest BCUT2D eigenvalue weighted by molar-refractivity contribution is -0.113. The van der Waals surface area contributed by atoms with E-state index in [1.54, 1.807) is 42.7 Å². The predicted octanol–water partition coefficient (Wildman–Crippen LogP) is 4.39. The van der Waals surface area contributed by atoms with Crippen molar-refractivity contribution < 1.29 is 14.0 Å². The van der Waals surface area contributed by atoms with Crippen LogP contribution in [0.15, 0.2) is 64.1 Å². The summed E-state index contributed by atoms with van der Waals surface area (Å²) in [4.78, 5) is 26.0. The Bertz CT molecular complexity index is 758. The van der Waals surface area contributed by atoms with Crippen LogP contribution >= 0.6 is 11.8 Å². The Morgan fingerprint density at radius 1 is 1.14 bits per heavy atom. The largest absolute Gasteiger partial charge is 0.465 e. The molecule has 2 heterocycles. The molecule has 110 valence electrons. The van der Waals surface area contributed by atoms with Crippen LogP contribution in [0.5, 0.6) is 0 Å². The zero-order valence-electron chi connectivity index (χ0n) is 11.9. The molecule has 0 radical (unpaired) electrons. The van der Waals surface area contributed by atoms with Crippen LogP contribution in [0.25, 0.3) is 6.08 Å². The van der Waals surface area contributed by atoms with Crippen molar-refractivity contribution in [2.45, 2.75) is 6.92 Å². The van der Waals surface area contributed by atoms with E-state index in [9.17, 15) is 9.59 Å². The standard InChI is InChI=1S/C17H13NO3S/c1-12-7-9-13(10-8-12)18-16(19)15(22-17(18)20)6-2-4-14-5-3-11-21-14/h2-11H,1H3/b4-2+,15-6+. The van der Waals surface area contributed by atoms with Crippen molar-refractivity contribution in [2.24, 2.45) is 0 Å². The molecular weight excluding hydrogens is 298 g/mol. The van der Waals surface area contributed by atoms with Gasteiger partial charge in [0, 0.05) is 0 Å². The number of allylic oxidation sites excluding steroid dienone is 2. The zero-order valence-corrected chi connectivity index (χ0v) is 12.7. The van der Waals surface area contributed by atoms with Crippen molar-refractivity contribution in [3.05, 3.63) is 71.0 Å². The quantitative estimate of drug-likeness (QED) is 0.789. The first kappa shape index (κ1) is 14.4. The second kappa shape index (κ2) is 6.07. The van der Waals surface area contributed by atoms with Gasteiger partial charge in [0.1, 0.15) is 5.76 Å². The molecule has 0 bridgehead atoms. The highest BCUT2D eigenvalue weighted by Crippen LogP contribution is 2.34. The molecule has 0 unspecified atom stereocenters. The number of rotatable bonds is 3. The summed E-state index contributed by atoms with van der Waals surface area (Å²) >= 11 is 0.935. The molecule has 1 fully saturated rings. The minimum absolute atomic E-state index is 0.286. The van der Waals surface area contributed by atoms with Gasteiger partial charge in [0.05, 0.1) is 16.9 Å². The summed E-state index contributed by atoms with van der Waals surface area (Å²) in [7, 11) is 0. The highest BCUT2D eigenvalue weighted by atomic mass is 32.2. The van der Waals surface area contributed by atoms with Crippen LogP contribution < -0.4 is 4.90 Å². The van der Waals surface area contributed by atoms with Gasteiger partial charge in [-0.15, -0.1) is 0 Å². The number of anilines is 1. The summed E-state index contributed by atoms with van der Waals surface area (Å²) in [6, 6.07) is 10.9. The minimum atomic E-state index is -0.303. The van der Waals surface area contributed by atoms with Crippen molar-refractivity contribution in [1.82, 2.24) is 0 Å². The van der Waals surface area contributed by atoms with Crippen molar-refractivity contribution in [3.63, 3.8) is 0 Å². The van der Waals surface area contributed by atoms with E-state index in [4.69, 9.17) is 4.42 Å². The third-order valence-electron chi connectivity index (χ3n) is 3.14. The maximum absolute atomic E-state index is 12.4. The maximum Gasteiger partial charge on any atom is 0.298 e. The van der Waals surface area contributed by atoms with Gasteiger partial charge in [-0.1, -0.05) is 23.8 Å². The molecule has 0 spiro atoms. The Labute approximate surface area is 132 Å². The summed E-state index contributed by atoms with van der Waals surface area (Å²) in [5.74, 6) is 0.386. The molecule has 3 rings (SSSR count). The molecule has 1 aliphatic rings. The molecule has 2 aromatic rings. The number of amides is 2. The summed E-state index contributed by atoms with van der Waals surface area (Å²) < 4.78 is 5.16. The summed E-state index contributed by atoms with van der Waals surface area (Å²) in [5, 5.41) is -0.286. The fourth-order valence-corrected chi connectivity index (χ4v) is 2.81. The summed E-state index contributed by atoms with van der Waals surface area (Å²) in [6.07, 6.45) is 6.64. The third kappa shape index (κ3) is 2.89. The smallest absolute Gasteiger partial charge is 0.298 e. The van der Waals surface area contributed by atoms with Gasteiger partial charge in [0.25, 0.3) is 11.1 Å². The van der Waals surface area contributed by atoms with Gasteiger partial charge in [-0.2, -0.15) is 0 Å². The monoisotopic (exact) mass is 311 g/mol. The van der Waals surface area contributed by atoms with Gasteiger partial charge < -0.3 is 4.42 Å². The molecule has 1 aromatic carbocycles. The Hall–Kier alpha value is -2.53. The van der Waals surface area contributed by atoms with Crippen molar-refractivity contribution in [2.75, 3.05) is 4.90 Å². The van der Waals surface area contributed by atoms with Gasteiger partial charge in [0.2, 0.25) is 0 Å². The molecule has 5 heteroatoms. The molecule has 0 N–H and O–H groups in total. The van der Waals surface area contributed by atoms with Crippen LogP contribution in [-0.2, 0) is 4.79 Å². The van der Waals surface area contributed by atoms with E-state index >= 15 is 0 Å². The number of carbonyl (C=O) groups is 2. The summed E-state index contributed by atoms with van der Waals surface area (Å²) in [5.41, 5.74) is 1.67. The highest BCUT2D eigenvalue weighted by molar-refractivity contribution is 8.18. The number of furan rings is 1. The van der Waals surface area contributed by atoms with E-state index in [2.05, 4.69) is 0 Å². The molecule has 22 heavy (non-hydrogen) atoms. The lowest BCUT2D eigenvalue weighted by Crippen LogP contribution is -2.27. The Morgan fingerprint density at radius 2 is 1.91 bits per heavy atom. The molecule has 1 saturated heterocycles. The van der Waals surface area contributed by atoms with E-state index in [1.165, 1.54) is 4.90 Å². The maximum atomic E-state index is 12.4. The lowest BCUT2D eigenvalue weighted by atomic mass is 10.2. The normalized spacial score (nSPS) is 17.1. The third-order valence-corrected chi connectivity index (χ3v) is 4.02. The number of hydrogen-bond acceptors (Lipinski definition) is 4. The molecule has 4 nitrogen and oxygen atoms in total. The number of carbonyl (C=O) groups excluding carboxylic acids is 2. The lowest BCUT2D eigenvalue weighted by Gasteiger charge is -2.12. The van der Waals surface area contributed by atoms with Gasteiger partial charge in [0.15, 0.2) is 0 Å². The average molecular weight is 311 g/mol. The molecule has 0 atom stereocenters. The van der Waals surface area contributed by atoms with Crippen LogP contribution in [0.2, 0.25) is 0 Å². The Kier molecular flexibility index (Phi) is 3.98. The first-order valence-electron chi connectivity index (χ1n) is 6.70. The molecular formula is C17H13NO3S. The Balaban J connectivity index is 1.80. The van der Waals surface area contributed by atoms with Crippen LogP contribution in [-0.4, -0.2) is 11.1 Å². The molecule has 0 aliphatic carbocycles. The summed E-state index contributed by atoms with van der Waals surface area (Å²) in [6.45, 7) is 1.96. The van der Waals surface area contributed by atoms with Gasteiger partial charge in [-0.25, -0.2) is 4.90 Å². The Morgan fingerprint density at radius 3 is 2.59 bits per heavy atom. The van der Waals surface area contributed by atoms with Gasteiger partial charge >= 0.3 is 0 Å². The fraction of sp³-hybridized carbons (Fsp3) is 0.0588. The molecule has 2 amide bonds. The van der Waals surface area contributed by atoms with E-state index in [0.717, 1.165) is 17.3 Å². The number of hydrogen-bond donors (Lipinski definition) is 0. The second-order valence-corrected chi connectivity index (χ2v) is 5.74. The van der Waals surface area contributed by atoms with Crippen molar-refractivity contribution >= 4 is 34.7 Å².